The highest BCUT2D eigenvalue weighted by Crippen LogP contribution is 2.27. The number of hydrogen-bond acceptors (Lipinski definition) is 3. The SMILES string of the molecule is CS(=O)(=O)N(CCCC(=O)NCC1=CCCCC1)c1ccccc1Cl. The first kappa shape index (κ1) is 19.8. The molecule has 25 heavy (non-hydrogen) atoms. The van der Waals surface area contributed by atoms with Crippen molar-refractivity contribution in [3.63, 3.8) is 0 Å². The first-order chi connectivity index (χ1) is 11.9. The summed E-state index contributed by atoms with van der Waals surface area (Å²) in [4.78, 5) is 12.0. The number of allylic oxidation sites excluding steroid dienone is 1. The van der Waals surface area contributed by atoms with Gasteiger partial charge < -0.3 is 5.32 Å². The summed E-state index contributed by atoms with van der Waals surface area (Å²) in [6.07, 6.45) is 8.61. The van der Waals surface area contributed by atoms with Crippen LogP contribution in [0.2, 0.25) is 5.02 Å². The van der Waals surface area contributed by atoms with Gasteiger partial charge in [-0.15, -0.1) is 0 Å². The summed E-state index contributed by atoms with van der Waals surface area (Å²) in [5.74, 6) is -0.0564. The average molecular weight is 385 g/mol. The maximum atomic E-state index is 12.1. The number of rotatable bonds is 8. The number of carbonyl (C=O) groups is 1. The Labute approximate surface area is 155 Å². The molecule has 0 bridgehead atoms. The zero-order valence-electron chi connectivity index (χ0n) is 14.5. The van der Waals surface area contributed by atoms with E-state index in [4.69, 9.17) is 11.6 Å². The van der Waals surface area contributed by atoms with E-state index in [0.717, 1.165) is 19.1 Å². The molecular weight excluding hydrogens is 360 g/mol. The zero-order valence-corrected chi connectivity index (χ0v) is 16.1. The highest BCUT2D eigenvalue weighted by molar-refractivity contribution is 7.92. The molecule has 1 amide bonds. The molecular formula is C18H25ClN2O3S. The Balaban J connectivity index is 1.86. The number of nitrogens with one attached hydrogen (secondary N) is 1. The van der Waals surface area contributed by atoms with Gasteiger partial charge in [-0.1, -0.05) is 35.4 Å². The van der Waals surface area contributed by atoms with Crippen LogP contribution in [0.15, 0.2) is 35.9 Å². The van der Waals surface area contributed by atoms with Crippen LogP contribution in [0.1, 0.15) is 38.5 Å². The van der Waals surface area contributed by atoms with Crippen LogP contribution in [0.25, 0.3) is 0 Å². The molecule has 0 aromatic heterocycles. The Morgan fingerprint density at radius 1 is 1.28 bits per heavy atom. The standard InChI is InChI=1S/C18H25ClN2O3S/c1-25(23,24)21(17-11-6-5-10-16(17)19)13-7-12-18(22)20-14-15-8-3-2-4-9-15/h5-6,8,10-11H,2-4,7,9,12-14H2,1H3,(H,20,22). The lowest BCUT2D eigenvalue weighted by Gasteiger charge is -2.23. The minimum absolute atomic E-state index is 0.0564. The highest BCUT2D eigenvalue weighted by Gasteiger charge is 2.19. The predicted octanol–water partition coefficient (Wildman–Crippen LogP) is 3.50. The van der Waals surface area contributed by atoms with Gasteiger partial charge in [0.15, 0.2) is 0 Å². The van der Waals surface area contributed by atoms with E-state index < -0.39 is 10.0 Å². The van der Waals surface area contributed by atoms with Gasteiger partial charge in [0.1, 0.15) is 0 Å². The maximum absolute atomic E-state index is 12.1. The number of anilines is 1. The van der Waals surface area contributed by atoms with Crippen molar-refractivity contribution in [2.45, 2.75) is 38.5 Å². The van der Waals surface area contributed by atoms with E-state index in [1.54, 1.807) is 24.3 Å². The minimum atomic E-state index is -3.46. The summed E-state index contributed by atoms with van der Waals surface area (Å²) in [6.45, 7) is 0.817. The largest absolute Gasteiger partial charge is 0.352 e. The molecule has 1 aliphatic rings. The minimum Gasteiger partial charge on any atom is -0.352 e. The second-order valence-electron chi connectivity index (χ2n) is 6.27. The van der Waals surface area contributed by atoms with Gasteiger partial charge in [-0.3, -0.25) is 9.10 Å². The molecule has 138 valence electrons. The molecule has 0 atom stereocenters. The van der Waals surface area contributed by atoms with E-state index in [0.29, 0.717) is 23.7 Å². The lowest BCUT2D eigenvalue weighted by Crippen LogP contribution is -2.32. The molecule has 5 nitrogen and oxygen atoms in total. The van der Waals surface area contributed by atoms with E-state index >= 15 is 0 Å². The van der Waals surface area contributed by atoms with E-state index in [-0.39, 0.29) is 18.9 Å². The van der Waals surface area contributed by atoms with E-state index in [9.17, 15) is 13.2 Å². The molecule has 0 saturated carbocycles. The molecule has 0 spiro atoms. The fourth-order valence-electron chi connectivity index (χ4n) is 2.87. The van der Waals surface area contributed by atoms with Gasteiger partial charge in [-0.05, 0) is 44.2 Å². The Morgan fingerprint density at radius 3 is 2.68 bits per heavy atom. The third kappa shape index (κ3) is 6.36. The molecule has 7 heteroatoms. The first-order valence-electron chi connectivity index (χ1n) is 8.55. The highest BCUT2D eigenvalue weighted by atomic mass is 35.5. The van der Waals surface area contributed by atoms with Crippen molar-refractivity contribution in [3.8, 4) is 0 Å². The van der Waals surface area contributed by atoms with Crippen LogP contribution in [0.3, 0.4) is 0 Å². The zero-order chi connectivity index (χ0) is 18.3. The number of hydrogen-bond donors (Lipinski definition) is 1. The van der Waals surface area contributed by atoms with Crippen molar-refractivity contribution in [1.82, 2.24) is 5.32 Å². The number of nitrogens with zero attached hydrogens (tertiary/aromatic N) is 1. The van der Waals surface area contributed by atoms with Crippen molar-refractivity contribution in [3.05, 3.63) is 40.9 Å². The number of amides is 1. The quantitative estimate of drug-likeness (QED) is 0.697. The van der Waals surface area contributed by atoms with Crippen molar-refractivity contribution in [2.75, 3.05) is 23.7 Å². The molecule has 0 unspecified atom stereocenters. The van der Waals surface area contributed by atoms with Crippen molar-refractivity contribution in [1.29, 1.82) is 0 Å². The maximum Gasteiger partial charge on any atom is 0.232 e. The van der Waals surface area contributed by atoms with E-state index in [1.807, 2.05) is 0 Å². The topological polar surface area (TPSA) is 66.5 Å². The smallest absolute Gasteiger partial charge is 0.232 e. The van der Waals surface area contributed by atoms with Gasteiger partial charge in [0.05, 0.1) is 17.0 Å². The number of para-hydroxylation sites is 1. The Kier molecular flexibility index (Phi) is 7.32. The summed E-state index contributed by atoms with van der Waals surface area (Å²) in [6, 6.07) is 6.81. The normalized spacial score (nSPS) is 14.7. The number of carbonyl (C=O) groups excluding carboxylic acids is 1. The fraction of sp³-hybridized carbons (Fsp3) is 0.500. The van der Waals surface area contributed by atoms with Crippen LogP contribution in [0, 0.1) is 0 Å². The summed E-state index contributed by atoms with van der Waals surface area (Å²) in [5, 5.41) is 3.29. The van der Waals surface area contributed by atoms with E-state index in [1.165, 1.54) is 22.7 Å². The fourth-order valence-corrected chi connectivity index (χ4v) is 4.13. The van der Waals surface area contributed by atoms with Crippen LogP contribution < -0.4 is 9.62 Å². The number of sulfonamides is 1. The van der Waals surface area contributed by atoms with Gasteiger partial charge in [0.25, 0.3) is 0 Å². The second kappa shape index (κ2) is 9.25. The molecule has 0 heterocycles. The van der Waals surface area contributed by atoms with Gasteiger partial charge >= 0.3 is 0 Å². The van der Waals surface area contributed by atoms with Crippen molar-refractivity contribution in [2.24, 2.45) is 0 Å². The lowest BCUT2D eigenvalue weighted by molar-refractivity contribution is -0.120. The van der Waals surface area contributed by atoms with Crippen molar-refractivity contribution < 1.29 is 13.2 Å². The van der Waals surface area contributed by atoms with Gasteiger partial charge in [0, 0.05) is 19.5 Å². The Morgan fingerprint density at radius 2 is 2.04 bits per heavy atom. The molecule has 0 fully saturated rings. The van der Waals surface area contributed by atoms with Gasteiger partial charge in [-0.25, -0.2) is 8.42 Å². The van der Waals surface area contributed by atoms with Crippen LogP contribution >= 0.6 is 11.6 Å². The average Bonchev–Trinajstić information content (AvgIpc) is 2.58. The number of benzene rings is 1. The van der Waals surface area contributed by atoms with Crippen LogP contribution in [-0.2, 0) is 14.8 Å². The molecule has 0 saturated heterocycles. The summed E-state index contributed by atoms with van der Waals surface area (Å²) < 4.78 is 25.4. The second-order valence-corrected chi connectivity index (χ2v) is 8.59. The van der Waals surface area contributed by atoms with Crippen LogP contribution in [-0.4, -0.2) is 33.7 Å². The van der Waals surface area contributed by atoms with Crippen LogP contribution in [0.4, 0.5) is 5.69 Å². The molecule has 1 aromatic carbocycles. The van der Waals surface area contributed by atoms with E-state index in [2.05, 4.69) is 11.4 Å². The molecule has 0 aliphatic heterocycles. The molecule has 1 aromatic rings. The molecule has 1 aliphatic carbocycles. The van der Waals surface area contributed by atoms with Crippen LogP contribution in [0.5, 0.6) is 0 Å². The monoisotopic (exact) mass is 384 g/mol. The summed E-state index contributed by atoms with van der Waals surface area (Å²) in [5.41, 5.74) is 1.73. The molecule has 0 radical (unpaired) electrons. The Bertz CT molecular complexity index is 732. The van der Waals surface area contributed by atoms with Crippen molar-refractivity contribution >= 4 is 33.2 Å². The molecule has 2 rings (SSSR count). The van der Waals surface area contributed by atoms with Gasteiger partial charge in [0.2, 0.25) is 15.9 Å². The summed E-state index contributed by atoms with van der Waals surface area (Å²) >= 11 is 6.11. The number of halogens is 1. The first-order valence-corrected chi connectivity index (χ1v) is 10.8. The third-order valence-corrected chi connectivity index (χ3v) is 5.68. The summed E-state index contributed by atoms with van der Waals surface area (Å²) in [7, 11) is -3.46. The third-order valence-electron chi connectivity index (χ3n) is 4.18. The lowest BCUT2D eigenvalue weighted by atomic mass is 10.00. The predicted molar refractivity (Wildman–Crippen MR) is 102 cm³/mol. The van der Waals surface area contributed by atoms with Gasteiger partial charge in [-0.2, -0.15) is 0 Å². The molecule has 1 N–H and O–H groups in total. The Hall–Kier alpha value is -1.53.